The van der Waals surface area contributed by atoms with E-state index in [4.69, 9.17) is 5.26 Å². The van der Waals surface area contributed by atoms with Crippen molar-refractivity contribution >= 4 is 12.1 Å². The van der Waals surface area contributed by atoms with Gasteiger partial charge in [-0.2, -0.15) is 10.4 Å². The summed E-state index contributed by atoms with van der Waals surface area (Å²) in [6, 6.07) is 15.9. The third kappa shape index (κ3) is 4.72. The summed E-state index contributed by atoms with van der Waals surface area (Å²) in [5, 5.41) is 12.8. The molecule has 0 aliphatic carbocycles. The summed E-state index contributed by atoms with van der Waals surface area (Å²) in [4.78, 5) is 12.2. The number of nitrogens with one attached hydrogen (secondary N) is 1. The van der Waals surface area contributed by atoms with E-state index in [-0.39, 0.29) is 16.5 Å². The second kappa shape index (κ2) is 8.57. The van der Waals surface area contributed by atoms with Crippen LogP contribution in [0, 0.1) is 31.0 Å². The highest BCUT2D eigenvalue weighted by Crippen LogP contribution is 2.25. The molecule has 3 aromatic rings. The van der Waals surface area contributed by atoms with E-state index < -0.39 is 11.7 Å². The number of amides is 1. The maximum absolute atomic E-state index is 14.0. The molecule has 3 rings (SSSR count). The number of carbonyl (C=O) groups excluding carboxylic acids is 1. The van der Waals surface area contributed by atoms with Crippen molar-refractivity contribution in [3.05, 3.63) is 88.0 Å². The summed E-state index contributed by atoms with van der Waals surface area (Å²) in [6.45, 7) is 10.5. The number of hydrogen-bond donors (Lipinski definition) is 1. The molecule has 1 N–H and O–H groups in total. The van der Waals surface area contributed by atoms with Crippen LogP contribution in [0.15, 0.2) is 53.6 Å². The van der Waals surface area contributed by atoms with Gasteiger partial charge in [-0.3, -0.25) is 4.79 Å². The van der Waals surface area contributed by atoms with Gasteiger partial charge in [0.1, 0.15) is 5.82 Å². The standard InChI is InChI=1S/C25H25FN4O/c1-16-12-19(15-28-29-24(31)22-11-6-18(14-27)13-23(22)26)17(2)30(16)21-9-7-20(8-10-21)25(3,4)5/h6-13,15H,1-5H3,(H,29,31). The zero-order chi connectivity index (χ0) is 22.8. The van der Waals surface area contributed by atoms with E-state index >= 15 is 0 Å². The van der Waals surface area contributed by atoms with Gasteiger partial charge in [0.2, 0.25) is 0 Å². The first-order valence-corrected chi connectivity index (χ1v) is 9.94. The van der Waals surface area contributed by atoms with Crippen molar-refractivity contribution in [3.8, 4) is 11.8 Å². The minimum Gasteiger partial charge on any atom is -0.318 e. The van der Waals surface area contributed by atoms with Gasteiger partial charge in [0, 0.05) is 22.6 Å². The van der Waals surface area contributed by atoms with Gasteiger partial charge < -0.3 is 4.57 Å². The number of aryl methyl sites for hydroxylation is 1. The molecular weight excluding hydrogens is 391 g/mol. The highest BCUT2D eigenvalue weighted by atomic mass is 19.1. The smallest absolute Gasteiger partial charge is 0.274 e. The van der Waals surface area contributed by atoms with E-state index in [1.165, 1.54) is 17.7 Å². The second-order valence-electron chi connectivity index (χ2n) is 8.46. The van der Waals surface area contributed by atoms with Crippen LogP contribution in [0.3, 0.4) is 0 Å². The van der Waals surface area contributed by atoms with Crippen LogP contribution in [-0.4, -0.2) is 16.7 Å². The van der Waals surface area contributed by atoms with E-state index in [0.717, 1.165) is 28.7 Å². The molecule has 0 bridgehead atoms. The molecule has 0 aliphatic heterocycles. The Morgan fingerprint density at radius 1 is 1.13 bits per heavy atom. The van der Waals surface area contributed by atoms with Crippen molar-refractivity contribution in [2.45, 2.75) is 40.0 Å². The Hall–Kier alpha value is -3.72. The molecule has 0 aliphatic rings. The van der Waals surface area contributed by atoms with Gasteiger partial charge in [0.15, 0.2) is 0 Å². The van der Waals surface area contributed by atoms with Gasteiger partial charge in [-0.15, -0.1) is 0 Å². The van der Waals surface area contributed by atoms with E-state index in [1.807, 2.05) is 26.0 Å². The largest absolute Gasteiger partial charge is 0.318 e. The van der Waals surface area contributed by atoms with Crippen molar-refractivity contribution < 1.29 is 9.18 Å². The topological polar surface area (TPSA) is 70.2 Å². The fourth-order valence-electron chi connectivity index (χ4n) is 3.42. The zero-order valence-corrected chi connectivity index (χ0v) is 18.3. The van der Waals surface area contributed by atoms with Crippen LogP contribution in [0.1, 0.15) is 59.2 Å². The first kappa shape index (κ1) is 22.0. The lowest BCUT2D eigenvalue weighted by Crippen LogP contribution is -2.19. The van der Waals surface area contributed by atoms with E-state index in [2.05, 4.69) is 60.1 Å². The summed E-state index contributed by atoms with van der Waals surface area (Å²) in [5.41, 5.74) is 7.58. The maximum Gasteiger partial charge on any atom is 0.274 e. The lowest BCUT2D eigenvalue weighted by atomic mass is 9.87. The van der Waals surface area contributed by atoms with Crippen molar-refractivity contribution in [2.75, 3.05) is 0 Å². The molecule has 0 atom stereocenters. The highest BCUT2D eigenvalue weighted by Gasteiger charge is 2.15. The van der Waals surface area contributed by atoms with Crippen LogP contribution in [0.25, 0.3) is 5.69 Å². The Kier molecular flexibility index (Phi) is 6.07. The number of benzene rings is 2. The van der Waals surface area contributed by atoms with E-state index in [9.17, 15) is 9.18 Å². The predicted molar refractivity (Wildman–Crippen MR) is 120 cm³/mol. The number of hydrazone groups is 1. The Bertz CT molecular complexity index is 1190. The highest BCUT2D eigenvalue weighted by molar-refractivity contribution is 5.95. The molecule has 0 unspecified atom stereocenters. The van der Waals surface area contributed by atoms with Crippen LogP contribution >= 0.6 is 0 Å². The molecule has 0 fully saturated rings. The Morgan fingerprint density at radius 2 is 1.81 bits per heavy atom. The summed E-state index contributed by atoms with van der Waals surface area (Å²) >= 11 is 0. The number of rotatable bonds is 4. The van der Waals surface area contributed by atoms with Crippen LogP contribution in [0.5, 0.6) is 0 Å². The first-order chi connectivity index (χ1) is 14.6. The minimum atomic E-state index is -0.761. The summed E-state index contributed by atoms with van der Waals surface area (Å²) < 4.78 is 16.1. The van der Waals surface area contributed by atoms with Crippen molar-refractivity contribution in [2.24, 2.45) is 5.10 Å². The number of halogens is 1. The molecule has 2 aromatic carbocycles. The molecule has 1 heterocycles. The quantitative estimate of drug-likeness (QED) is 0.471. The van der Waals surface area contributed by atoms with E-state index in [0.29, 0.717) is 0 Å². The molecular formula is C25H25FN4O. The fourth-order valence-corrected chi connectivity index (χ4v) is 3.42. The number of nitrogens with zero attached hydrogens (tertiary/aromatic N) is 3. The first-order valence-electron chi connectivity index (χ1n) is 9.94. The Morgan fingerprint density at radius 3 is 2.39 bits per heavy atom. The summed E-state index contributed by atoms with van der Waals surface area (Å²) in [5.74, 6) is -1.44. The summed E-state index contributed by atoms with van der Waals surface area (Å²) in [6.07, 6.45) is 1.54. The molecule has 1 amide bonds. The van der Waals surface area contributed by atoms with Crippen LogP contribution < -0.4 is 5.43 Å². The molecule has 5 nitrogen and oxygen atoms in total. The van der Waals surface area contributed by atoms with Crippen LogP contribution in [0.2, 0.25) is 0 Å². The molecule has 1 aromatic heterocycles. The van der Waals surface area contributed by atoms with Crippen molar-refractivity contribution in [1.82, 2.24) is 9.99 Å². The number of hydrogen-bond acceptors (Lipinski definition) is 3. The van der Waals surface area contributed by atoms with Crippen LogP contribution in [-0.2, 0) is 5.41 Å². The average Bonchev–Trinajstić information content (AvgIpc) is 3.00. The summed E-state index contributed by atoms with van der Waals surface area (Å²) in [7, 11) is 0. The van der Waals surface area contributed by atoms with Crippen LogP contribution in [0.4, 0.5) is 4.39 Å². The molecule has 0 saturated carbocycles. The van der Waals surface area contributed by atoms with Gasteiger partial charge in [0.05, 0.1) is 23.4 Å². The third-order valence-corrected chi connectivity index (χ3v) is 5.17. The fraction of sp³-hybridized carbons (Fsp3) is 0.240. The molecule has 6 heteroatoms. The van der Waals surface area contributed by atoms with Crippen molar-refractivity contribution in [1.29, 1.82) is 5.26 Å². The van der Waals surface area contributed by atoms with Gasteiger partial charge >= 0.3 is 0 Å². The van der Waals surface area contributed by atoms with Crippen molar-refractivity contribution in [3.63, 3.8) is 0 Å². The predicted octanol–water partition coefficient (Wildman–Crippen LogP) is 5.17. The van der Waals surface area contributed by atoms with Gasteiger partial charge in [-0.1, -0.05) is 32.9 Å². The molecule has 0 saturated heterocycles. The molecule has 31 heavy (non-hydrogen) atoms. The maximum atomic E-state index is 14.0. The number of aromatic nitrogens is 1. The molecule has 158 valence electrons. The zero-order valence-electron chi connectivity index (χ0n) is 18.3. The number of nitriles is 1. The lowest BCUT2D eigenvalue weighted by molar-refractivity contribution is 0.0951. The average molecular weight is 417 g/mol. The van der Waals surface area contributed by atoms with Gasteiger partial charge in [0.25, 0.3) is 5.91 Å². The Balaban J connectivity index is 1.79. The SMILES string of the molecule is Cc1cc(C=NNC(=O)c2ccc(C#N)cc2F)c(C)n1-c1ccc(C(C)(C)C)cc1. The Labute approximate surface area is 181 Å². The lowest BCUT2D eigenvalue weighted by Gasteiger charge is -2.20. The monoisotopic (exact) mass is 416 g/mol. The number of carbonyl (C=O) groups is 1. The third-order valence-electron chi connectivity index (χ3n) is 5.17. The minimum absolute atomic E-state index is 0.0870. The normalized spacial score (nSPS) is 11.5. The second-order valence-corrected chi connectivity index (χ2v) is 8.46. The van der Waals surface area contributed by atoms with Gasteiger partial charge in [-0.05, 0) is 61.2 Å². The van der Waals surface area contributed by atoms with E-state index in [1.54, 1.807) is 6.21 Å². The molecule has 0 spiro atoms. The molecule has 0 radical (unpaired) electrons. The van der Waals surface area contributed by atoms with Gasteiger partial charge in [-0.25, -0.2) is 9.82 Å².